The normalized spacial score (nSPS) is 11.4. The second-order valence-electron chi connectivity index (χ2n) is 3.83. The molecule has 0 bridgehead atoms. The fraction of sp³-hybridized carbons (Fsp3) is 0.333. The summed E-state index contributed by atoms with van der Waals surface area (Å²) in [6.07, 6.45) is 0.207. The van der Waals surface area contributed by atoms with Crippen LogP contribution in [0.5, 0.6) is 0 Å². The monoisotopic (exact) mass is 287 g/mol. The standard InChI is InChI=1S/C12H15ClFN3O2/c1-2-17(7-6-10(15)16-19)12(18)8-4-3-5-9(13)11(8)14/h3-5,19H,2,6-7H2,1H3,(H2,15,16). The van der Waals surface area contributed by atoms with Crippen molar-refractivity contribution in [1.29, 1.82) is 0 Å². The van der Waals surface area contributed by atoms with Crippen molar-refractivity contribution in [3.8, 4) is 0 Å². The predicted molar refractivity (Wildman–Crippen MR) is 71.0 cm³/mol. The van der Waals surface area contributed by atoms with Crippen molar-refractivity contribution in [1.82, 2.24) is 4.90 Å². The van der Waals surface area contributed by atoms with Gasteiger partial charge in [0, 0.05) is 19.5 Å². The lowest BCUT2D eigenvalue weighted by Crippen LogP contribution is -2.34. The van der Waals surface area contributed by atoms with Gasteiger partial charge in [0.1, 0.15) is 5.84 Å². The molecule has 1 rings (SSSR count). The summed E-state index contributed by atoms with van der Waals surface area (Å²) in [4.78, 5) is 13.5. The fourth-order valence-electron chi connectivity index (χ4n) is 1.54. The van der Waals surface area contributed by atoms with Crippen LogP contribution in [0, 0.1) is 5.82 Å². The van der Waals surface area contributed by atoms with Crippen molar-refractivity contribution in [2.45, 2.75) is 13.3 Å². The van der Waals surface area contributed by atoms with Crippen molar-refractivity contribution in [2.24, 2.45) is 10.9 Å². The molecule has 0 aliphatic rings. The molecule has 5 nitrogen and oxygen atoms in total. The Labute approximate surface area is 115 Å². The van der Waals surface area contributed by atoms with Gasteiger partial charge in [-0.1, -0.05) is 22.8 Å². The summed E-state index contributed by atoms with van der Waals surface area (Å²) in [7, 11) is 0. The van der Waals surface area contributed by atoms with E-state index in [2.05, 4.69) is 5.16 Å². The van der Waals surface area contributed by atoms with Gasteiger partial charge in [-0.05, 0) is 19.1 Å². The van der Waals surface area contributed by atoms with Crippen LogP contribution in [-0.4, -0.2) is 34.9 Å². The lowest BCUT2D eigenvalue weighted by Gasteiger charge is -2.21. The highest BCUT2D eigenvalue weighted by Gasteiger charge is 2.19. The Morgan fingerprint density at radius 2 is 2.26 bits per heavy atom. The molecule has 1 amide bonds. The highest BCUT2D eigenvalue weighted by atomic mass is 35.5. The van der Waals surface area contributed by atoms with E-state index in [1.165, 1.54) is 23.1 Å². The number of hydrogen-bond donors (Lipinski definition) is 2. The van der Waals surface area contributed by atoms with Crippen molar-refractivity contribution in [3.63, 3.8) is 0 Å². The van der Waals surface area contributed by atoms with Gasteiger partial charge in [0.2, 0.25) is 0 Å². The van der Waals surface area contributed by atoms with Gasteiger partial charge in [0.25, 0.3) is 5.91 Å². The van der Waals surface area contributed by atoms with Crippen LogP contribution >= 0.6 is 11.6 Å². The smallest absolute Gasteiger partial charge is 0.256 e. The topological polar surface area (TPSA) is 78.9 Å². The van der Waals surface area contributed by atoms with E-state index in [0.717, 1.165) is 0 Å². The van der Waals surface area contributed by atoms with Gasteiger partial charge in [-0.15, -0.1) is 0 Å². The molecule has 0 saturated heterocycles. The molecular formula is C12H15ClFN3O2. The zero-order valence-electron chi connectivity index (χ0n) is 10.4. The number of nitrogens with two attached hydrogens (primary N) is 1. The molecule has 0 aliphatic carbocycles. The number of carbonyl (C=O) groups excluding carboxylic acids is 1. The molecule has 0 saturated carbocycles. The minimum Gasteiger partial charge on any atom is -0.409 e. The zero-order chi connectivity index (χ0) is 14.4. The van der Waals surface area contributed by atoms with Gasteiger partial charge in [-0.3, -0.25) is 4.79 Å². The molecule has 1 aromatic rings. The Balaban J connectivity index is 2.87. The third kappa shape index (κ3) is 3.82. The summed E-state index contributed by atoms with van der Waals surface area (Å²) in [6, 6.07) is 4.26. The molecule has 0 spiro atoms. The van der Waals surface area contributed by atoms with Crippen LogP contribution in [0.4, 0.5) is 4.39 Å². The summed E-state index contributed by atoms with van der Waals surface area (Å²) in [5, 5.41) is 11.2. The minimum atomic E-state index is -0.739. The number of nitrogens with zero attached hydrogens (tertiary/aromatic N) is 2. The van der Waals surface area contributed by atoms with E-state index in [1.54, 1.807) is 6.92 Å². The Bertz CT molecular complexity index is 494. The summed E-state index contributed by atoms with van der Waals surface area (Å²) in [5.41, 5.74) is 5.25. The maximum atomic E-state index is 13.7. The van der Waals surface area contributed by atoms with Crippen LogP contribution in [0.3, 0.4) is 0 Å². The van der Waals surface area contributed by atoms with E-state index >= 15 is 0 Å². The Hall–Kier alpha value is -1.82. The average Bonchev–Trinajstić information content (AvgIpc) is 2.41. The number of hydrogen-bond acceptors (Lipinski definition) is 3. The van der Waals surface area contributed by atoms with Crippen LogP contribution in [0.15, 0.2) is 23.4 Å². The molecule has 0 fully saturated rings. The SMILES string of the molecule is CCN(CC/C(N)=N/O)C(=O)c1cccc(Cl)c1F. The summed E-state index contributed by atoms with van der Waals surface area (Å²) < 4.78 is 13.7. The third-order valence-corrected chi connectivity index (χ3v) is 2.91. The number of carbonyl (C=O) groups is 1. The molecule has 7 heteroatoms. The molecular weight excluding hydrogens is 273 g/mol. The van der Waals surface area contributed by atoms with Crippen molar-refractivity contribution >= 4 is 23.3 Å². The lowest BCUT2D eigenvalue weighted by molar-refractivity contribution is 0.0763. The second kappa shape index (κ2) is 6.94. The van der Waals surface area contributed by atoms with Gasteiger partial charge in [-0.2, -0.15) is 0 Å². The minimum absolute atomic E-state index is 0.0119. The number of amides is 1. The zero-order valence-corrected chi connectivity index (χ0v) is 11.2. The highest BCUT2D eigenvalue weighted by molar-refractivity contribution is 6.31. The van der Waals surface area contributed by atoms with Gasteiger partial charge in [0.15, 0.2) is 5.82 Å². The molecule has 0 atom stereocenters. The molecule has 0 aliphatic heterocycles. The number of rotatable bonds is 5. The van der Waals surface area contributed by atoms with Crippen molar-refractivity contribution < 1.29 is 14.4 Å². The third-order valence-electron chi connectivity index (χ3n) is 2.62. The van der Waals surface area contributed by atoms with E-state index in [-0.39, 0.29) is 29.4 Å². The lowest BCUT2D eigenvalue weighted by atomic mass is 10.1. The molecule has 3 N–H and O–H groups in total. The largest absolute Gasteiger partial charge is 0.409 e. The van der Waals surface area contributed by atoms with E-state index in [4.69, 9.17) is 22.5 Å². The molecule has 19 heavy (non-hydrogen) atoms. The summed E-state index contributed by atoms with van der Waals surface area (Å²) in [5.74, 6) is -1.21. The summed E-state index contributed by atoms with van der Waals surface area (Å²) >= 11 is 5.64. The van der Waals surface area contributed by atoms with Crippen LogP contribution in [0.2, 0.25) is 5.02 Å². The molecule has 0 radical (unpaired) electrons. The van der Waals surface area contributed by atoms with Gasteiger partial charge >= 0.3 is 0 Å². The fourth-order valence-corrected chi connectivity index (χ4v) is 1.72. The highest BCUT2D eigenvalue weighted by Crippen LogP contribution is 2.19. The molecule has 0 aromatic heterocycles. The van der Waals surface area contributed by atoms with E-state index in [1.807, 2.05) is 0 Å². The Morgan fingerprint density at radius 1 is 1.58 bits per heavy atom. The maximum absolute atomic E-state index is 13.7. The van der Waals surface area contributed by atoms with E-state index in [0.29, 0.717) is 6.54 Å². The summed E-state index contributed by atoms with van der Waals surface area (Å²) in [6.45, 7) is 2.37. The molecule has 1 aromatic carbocycles. The van der Waals surface area contributed by atoms with Crippen LogP contribution in [-0.2, 0) is 0 Å². The van der Waals surface area contributed by atoms with Crippen molar-refractivity contribution in [3.05, 3.63) is 34.6 Å². The maximum Gasteiger partial charge on any atom is 0.256 e. The van der Waals surface area contributed by atoms with Crippen LogP contribution < -0.4 is 5.73 Å². The average molecular weight is 288 g/mol. The Kier molecular flexibility index (Phi) is 5.57. The van der Waals surface area contributed by atoms with Crippen LogP contribution in [0.25, 0.3) is 0 Å². The van der Waals surface area contributed by atoms with Gasteiger partial charge < -0.3 is 15.8 Å². The predicted octanol–water partition coefficient (Wildman–Crippen LogP) is 2.08. The van der Waals surface area contributed by atoms with Crippen LogP contribution in [0.1, 0.15) is 23.7 Å². The molecule has 0 heterocycles. The van der Waals surface area contributed by atoms with Gasteiger partial charge in [-0.25, -0.2) is 4.39 Å². The molecule has 104 valence electrons. The quantitative estimate of drug-likeness (QED) is 0.377. The van der Waals surface area contributed by atoms with E-state index < -0.39 is 11.7 Å². The number of benzene rings is 1. The first-order valence-corrected chi connectivity index (χ1v) is 6.08. The first-order chi connectivity index (χ1) is 9.01. The number of amidine groups is 1. The first kappa shape index (κ1) is 15.2. The van der Waals surface area contributed by atoms with Gasteiger partial charge in [0.05, 0.1) is 10.6 Å². The van der Waals surface area contributed by atoms with Crippen molar-refractivity contribution in [2.75, 3.05) is 13.1 Å². The van der Waals surface area contributed by atoms with E-state index in [9.17, 15) is 9.18 Å². The number of halogens is 2. The number of oxime groups is 1. The molecule has 0 unspecified atom stereocenters. The Morgan fingerprint density at radius 3 is 2.84 bits per heavy atom. The first-order valence-electron chi connectivity index (χ1n) is 5.71. The second-order valence-corrected chi connectivity index (χ2v) is 4.23.